The van der Waals surface area contributed by atoms with E-state index in [0.29, 0.717) is 50.8 Å². The molecule has 0 unspecified atom stereocenters. The molecule has 0 aromatic heterocycles. The van der Waals surface area contributed by atoms with Crippen LogP contribution in [0.5, 0.6) is 0 Å². The van der Waals surface area contributed by atoms with Crippen LogP contribution in [0.1, 0.15) is 155 Å². The summed E-state index contributed by atoms with van der Waals surface area (Å²) < 4.78 is 0.777. The third-order valence-electron chi connectivity index (χ3n) is 14.7. The maximum absolute atomic E-state index is 14.3. The van der Waals surface area contributed by atoms with Gasteiger partial charge in [-0.3, -0.25) is 28.8 Å². The molecular weight excluding hydrogens is 1190 g/mol. The van der Waals surface area contributed by atoms with Gasteiger partial charge in [0.05, 0.1) is 18.5 Å². The van der Waals surface area contributed by atoms with Gasteiger partial charge in [0.15, 0.2) is 5.78 Å². The number of amides is 7. The van der Waals surface area contributed by atoms with E-state index in [1.54, 1.807) is 36.4 Å². The summed E-state index contributed by atoms with van der Waals surface area (Å²) in [5, 5.41) is 23.1. The first-order valence-corrected chi connectivity index (χ1v) is 32.7. The Morgan fingerprint density at radius 3 is 1.66 bits per heavy atom. The zero-order valence-corrected chi connectivity index (χ0v) is 54.0. The standard InChI is InChI=1S/C64H97N11O12Se/c1-39(2)25-46(63(86)73-52(27-41(5)6)57(80)33-45(19-11-13-24-66)62(85)74-54(34-58(69)81)56(79)32-44(60(70)83)18-10-12-23-65)30-48(76)37-72-61(84)47(38-88-50-20-14-17-43(28-50)35-67)31-49(77)36-71-59(82)22-21-55(78)53(29-42-15-8-7-9-16-42)75-64(87)51(68)26-40(3)4/h7-9,14-17,20,28,39-41,44-47,51-54H,10-13,18-19,21-27,29-34,36-38,65-66,68H2,1-6H3,(H2,69,81)(H2,70,83)(H,71,82)(H,72,84)(H,73,86)(H,74,85)(H,75,87)/t44-,45-,46-,47+,51+,52+,53+,54+/m1/s1. The second-order valence-corrected chi connectivity index (χ2v) is 26.3. The molecule has 0 spiro atoms. The molecule has 24 heteroatoms. The number of nitriles is 1. The Kier molecular flexibility index (Phi) is 36.8. The number of unbranched alkanes of at least 4 members (excludes halogenated alkanes) is 2. The van der Waals surface area contributed by atoms with Crippen molar-refractivity contribution < 1.29 is 57.5 Å². The maximum atomic E-state index is 14.3. The summed E-state index contributed by atoms with van der Waals surface area (Å²) in [6.07, 6.45) is 0.918. The number of carbonyl (C=O) groups excluding carboxylic acids is 12. The number of nitrogens with two attached hydrogens (primary N) is 5. The van der Waals surface area contributed by atoms with Gasteiger partial charge in [-0.05, 0) is 62.6 Å². The van der Waals surface area contributed by atoms with Gasteiger partial charge in [0.1, 0.15) is 0 Å². The first kappa shape index (κ1) is 77.1. The van der Waals surface area contributed by atoms with Crippen LogP contribution in [0.4, 0.5) is 0 Å². The van der Waals surface area contributed by atoms with Crippen molar-refractivity contribution in [1.29, 1.82) is 5.26 Å². The van der Waals surface area contributed by atoms with E-state index in [4.69, 9.17) is 28.7 Å². The molecule has 7 amide bonds. The van der Waals surface area contributed by atoms with Crippen molar-refractivity contribution in [3.8, 4) is 6.07 Å². The quantitative estimate of drug-likeness (QED) is 0.0334. The van der Waals surface area contributed by atoms with Crippen molar-refractivity contribution in [2.45, 2.75) is 180 Å². The molecule has 486 valence electrons. The molecule has 2 aromatic carbocycles. The smallest absolute Gasteiger partial charge is 0.370 e. The third-order valence-corrected chi connectivity index (χ3v) is 17.1. The van der Waals surface area contributed by atoms with Crippen LogP contribution in [-0.4, -0.2) is 136 Å². The zero-order chi connectivity index (χ0) is 65.9. The molecule has 0 saturated carbocycles. The molecule has 0 aliphatic rings. The van der Waals surface area contributed by atoms with E-state index >= 15 is 0 Å². The summed E-state index contributed by atoms with van der Waals surface area (Å²) in [6.45, 7) is 10.9. The number of Topliss-reactive ketones (excluding diaryl/α,β-unsaturated/α-hetero) is 5. The van der Waals surface area contributed by atoms with E-state index < -0.39 is 153 Å². The molecular formula is C64H97N11O12Se. The topological polar surface area (TPSA) is 419 Å². The van der Waals surface area contributed by atoms with Crippen LogP contribution >= 0.6 is 0 Å². The van der Waals surface area contributed by atoms with Crippen molar-refractivity contribution in [3.05, 3.63) is 65.7 Å². The van der Waals surface area contributed by atoms with Crippen molar-refractivity contribution >= 4 is 89.7 Å². The number of hydrogen-bond acceptors (Lipinski definition) is 16. The minimum atomic E-state index is -1.41. The Balaban J connectivity index is 2.25. The summed E-state index contributed by atoms with van der Waals surface area (Å²) in [5.41, 5.74) is 29.7. The van der Waals surface area contributed by atoms with E-state index in [-0.39, 0.29) is 93.7 Å². The first-order chi connectivity index (χ1) is 41.7. The number of nitrogens with one attached hydrogen (secondary N) is 5. The number of rotatable bonds is 47. The minimum absolute atomic E-state index is 0.102. The molecule has 0 heterocycles. The summed E-state index contributed by atoms with van der Waals surface area (Å²) in [7, 11) is 0. The normalized spacial score (nSPS) is 14.0. The molecule has 15 N–H and O–H groups in total. The van der Waals surface area contributed by atoms with Gasteiger partial charge in [-0.1, -0.05) is 70.9 Å². The fraction of sp³-hybridized carbons (Fsp3) is 0.609. The average Bonchev–Trinajstić information content (AvgIpc) is 3.67. The van der Waals surface area contributed by atoms with Gasteiger partial charge in [0.2, 0.25) is 23.6 Å². The van der Waals surface area contributed by atoms with Crippen molar-refractivity contribution in [2.75, 3.05) is 26.2 Å². The second-order valence-electron chi connectivity index (χ2n) is 24.0. The molecule has 2 rings (SSSR count). The minimum Gasteiger partial charge on any atom is -0.370 e. The number of benzene rings is 2. The molecule has 0 bridgehead atoms. The molecule has 0 aliphatic carbocycles. The third kappa shape index (κ3) is 31.7. The Morgan fingerprint density at radius 2 is 1.08 bits per heavy atom. The van der Waals surface area contributed by atoms with E-state index in [0.717, 1.165) is 10.0 Å². The van der Waals surface area contributed by atoms with Gasteiger partial charge in [0.25, 0.3) is 0 Å². The van der Waals surface area contributed by atoms with E-state index in [1.807, 2.05) is 59.7 Å². The van der Waals surface area contributed by atoms with Crippen molar-refractivity contribution in [3.63, 3.8) is 0 Å². The molecule has 88 heavy (non-hydrogen) atoms. The number of primary amides is 2. The molecule has 0 saturated heterocycles. The number of ketones is 5. The molecule has 8 atom stereocenters. The van der Waals surface area contributed by atoms with Gasteiger partial charge in [-0.15, -0.1) is 0 Å². The van der Waals surface area contributed by atoms with E-state index in [1.165, 1.54) is 0 Å². The molecule has 2 aromatic rings. The first-order valence-electron chi connectivity index (χ1n) is 30.6. The second kappa shape index (κ2) is 42.0. The van der Waals surface area contributed by atoms with Crippen LogP contribution in [-0.2, 0) is 64.0 Å². The summed E-state index contributed by atoms with van der Waals surface area (Å²) >= 11 is -0.431. The molecule has 0 fully saturated rings. The number of nitrogens with zero attached hydrogens (tertiary/aromatic N) is 1. The Hall–Kier alpha value is -7.03. The van der Waals surface area contributed by atoms with Crippen molar-refractivity contribution in [1.82, 2.24) is 26.6 Å². The van der Waals surface area contributed by atoms with Gasteiger partial charge in [-0.2, -0.15) is 0 Å². The predicted molar refractivity (Wildman–Crippen MR) is 335 cm³/mol. The van der Waals surface area contributed by atoms with Gasteiger partial charge in [0, 0.05) is 24.7 Å². The Morgan fingerprint density at radius 1 is 0.534 bits per heavy atom. The van der Waals surface area contributed by atoms with Crippen molar-refractivity contribution in [2.24, 2.45) is 70.1 Å². The summed E-state index contributed by atoms with van der Waals surface area (Å²) in [6, 6.07) is 13.6. The van der Waals surface area contributed by atoms with E-state index in [2.05, 4.69) is 32.7 Å². The SMILES string of the molecule is CC(C)C[C@H](CC(=O)CNC(=O)[C@H](C[Se]c1cccc(C#N)c1)CC(=O)CNC(=O)CCC(=O)[C@H](Cc1ccccc1)NC(=O)[C@@H](N)CC(C)C)C(=O)N[C@@H](CC(C)C)C(=O)C[C@@H](CCCCN)C(=O)N[C@@H](CC(N)=O)C(=O)C[C@@H](CCCCN)C(N)=O. The van der Waals surface area contributed by atoms with E-state index in [9.17, 15) is 62.8 Å². The van der Waals surface area contributed by atoms with Gasteiger partial charge < -0.3 is 34.0 Å². The summed E-state index contributed by atoms with van der Waals surface area (Å²) in [4.78, 5) is 161. The van der Waals surface area contributed by atoms with Crippen LogP contribution < -0.4 is 59.7 Å². The predicted octanol–water partition coefficient (Wildman–Crippen LogP) is 1.97. The van der Waals surface area contributed by atoms with Crippen LogP contribution in [0.15, 0.2) is 54.6 Å². The van der Waals surface area contributed by atoms with Gasteiger partial charge in [-0.25, -0.2) is 0 Å². The fourth-order valence-electron chi connectivity index (χ4n) is 9.92. The fourth-order valence-corrected chi connectivity index (χ4v) is 12.1. The summed E-state index contributed by atoms with van der Waals surface area (Å²) in [5.74, 6) is -11.2. The Bertz CT molecular complexity index is 2680. The Labute approximate surface area is 525 Å². The zero-order valence-electron chi connectivity index (χ0n) is 52.2. The van der Waals surface area contributed by atoms with Crippen LogP contribution in [0, 0.1) is 52.8 Å². The van der Waals surface area contributed by atoms with Gasteiger partial charge >= 0.3 is 259 Å². The monoisotopic (exact) mass is 1290 g/mol. The number of hydrogen-bond donors (Lipinski definition) is 10. The molecule has 0 aliphatic heterocycles. The molecule has 23 nitrogen and oxygen atoms in total. The average molecular weight is 1290 g/mol. The molecule has 0 radical (unpaired) electrons. The number of carbonyl (C=O) groups is 12. The van der Waals surface area contributed by atoms with Crippen LogP contribution in [0.2, 0.25) is 5.32 Å². The van der Waals surface area contributed by atoms with Crippen LogP contribution in [0.3, 0.4) is 0 Å². The van der Waals surface area contributed by atoms with Crippen LogP contribution in [0.25, 0.3) is 0 Å².